The fourth-order valence-electron chi connectivity index (χ4n) is 3.54. The summed E-state index contributed by atoms with van der Waals surface area (Å²) < 4.78 is 3.05. The molecule has 0 fully saturated rings. The number of rotatable bonds is 7. The fraction of sp³-hybridized carbons (Fsp3) is 0.250. The molecule has 0 atom stereocenters. The van der Waals surface area contributed by atoms with Crippen molar-refractivity contribution in [3.63, 3.8) is 0 Å². The molecule has 8 heteroatoms. The molecule has 1 N–H and O–H groups in total. The second-order valence-electron chi connectivity index (χ2n) is 7.69. The Morgan fingerprint density at radius 3 is 2.59 bits per heavy atom. The van der Waals surface area contributed by atoms with Gasteiger partial charge < -0.3 is 9.88 Å². The summed E-state index contributed by atoms with van der Waals surface area (Å²) in [5, 5.41) is 5.33. The molecule has 0 aliphatic heterocycles. The van der Waals surface area contributed by atoms with Crippen molar-refractivity contribution in [1.82, 2.24) is 14.1 Å². The van der Waals surface area contributed by atoms with Crippen molar-refractivity contribution >= 4 is 33.1 Å². The zero-order valence-corrected chi connectivity index (χ0v) is 18.8. The summed E-state index contributed by atoms with van der Waals surface area (Å²) in [6.45, 7) is 4.81. The highest BCUT2D eigenvalue weighted by molar-refractivity contribution is 7.17. The Kier molecular flexibility index (Phi) is 6.32. The number of benzene rings is 1. The second-order valence-corrected chi connectivity index (χ2v) is 8.54. The first kappa shape index (κ1) is 21.7. The van der Waals surface area contributed by atoms with Crippen molar-refractivity contribution in [2.45, 2.75) is 39.8 Å². The molecule has 3 aromatic heterocycles. The number of aryl methyl sites for hydroxylation is 3. The van der Waals surface area contributed by atoms with E-state index in [0.29, 0.717) is 22.4 Å². The summed E-state index contributed by atoms with van der Waals surface area (Å²) in [7, 11) is 0. The number of nitrogens with one attached hydrogen (secondary N) is 1. The molecule has 7 nitrogen and oxygen atoms in total. The topological polar surface area (TPSA) is 86.0 Å². The molecule has 0 radical (unpaired) electrons. The Morgan fingerprint density at radius 1 is 1.06 bits per heavy atom. The predicted octanol–water partition coefficient (Wildman–Crippen LogP) is 4.03. The molecule has 0 aliphatic rings. The molecule has 0 unspecified atom stereocenters. The van der Waals surface area contributed by atoms with Gasteiger partial charge in [0.2, 0.25) is 5.91 Å². The Labute approximate surface area is 189 Å². The third-order valence-electron chi connectivity index (χ3n) is 5.23. The maximum atomic E-state index is 13.1. The number of carbonyl (C=O) groups excluding carboxylic acids is 1. The average Bonchev–Trinajstić information content (AvgIpc) is 3.21. The van der Waals surface area contributed by atoms with Gasteiger partial charge in [0, 0.05) is 42.7 Å². The van der Waals surface area contributed by atoms with Crippen LogP contribution in [0.2, 0.25) is 0 Å². The summed E-state index contributed by atoms with van der Waals surface area (Å²) >= 11 is 1.44. The highest BCUT2D eigenvalue weighted by Crippen LogP contribution is 2.30. The third-order valence-corrected chi connectivity index (χ3v) is 6.12. The SMILES string of the molecule is CCCn1cc(NC(=O)CCn2cnc3scc(-c4ccc(C)cc4)c3c2=O)ccc1=O. The van der Waals surface area contributed by atoms with Gasteiger partial charge >= 0.3 is 0 Å². The molecule has 0 spiro atoms. The van der Waals surface area contributed by atoms with Crippen molar-refractivity contribution < 1.29 is 4.79 Å². The number of fused-ring (bicyclic) bond motifs is 1. The van der Waals surface area contributed by atoms with Crippen LogP contribution in [0.5, 0.6) is 0 Å². The van der Waals surface area contributed by atoms with Crippen LogP contribution in [0.25, 0.3) is 21.3 Å². The molecule has 0 saturated carbocycles. The number of carbonyl (C=O) groups is 1. The van der Waals surface area contributed by atoms with E-state index in [-0.39, 0.29) is 30.0 Å². The number of hydrogen-bond acceptors (Lipinski definition) is 5. The number of aromatic nitrogens is 3. The maximum absolute atomic E-state index is 13.1. The van der Waals surface area contributed by atoms with E-state index in [9.17, 15) is 14.4 Å². The van der Waals surface area contributed by atoms with E-state index >= 15 is 0 Å². The Hall–Kier alpha value is -3.52. The number of nitrogens with zero attached hydrogens (tertiary/aromatic N) is 3. The van der Waals surface area contributed by atoms with E-state index in [2.05, 4.69) is 10.3 Å². The van der Waals surface area contributed by atoms with Gasteiger partial charge in [-0.25, -0.2) is 4.98 Å². The Bertz CT molecular complexity index is 1380. The minimum Gasteiger partial charge on any atom is -0.325 e. The van der Waals surface area contributed by atoms with E-state index in [1.165, 1.54) is 28.3 Å². The van der Waals surface area contributed by atoms with E-state index in [0.717, 1.165) is 23.1 Å². The van der Waals surface area contributed by atoms with Crippen LogP contribution in [-0.2, 0) is 17.9 Å². The fourth-order valence-corrected chi connectivity index (χ4v) is 4.45. The van der Waals surface area contributed by atoms with Crippen molar-refractivity contribution in [1.29, 1.82) is 0 Å². The summed E-state index contributed by atoms with van der Waals surface area (Å²) in [4.78, 5) is 42.5. The van der Waals surface area contributed by atoms with Gasteiger partial charge in [0.1, 0.15) is 4.83 Å². The van der Waals surface area contributed by atoms with E-state index in [1.807, 2.05) is 43.5 Å². The van der Waals surface area contributed by atoms with Crippen LogP contribution in [0, 0.1) is 6.92 Å². The van der Waals surface area contributed by atoms with E-state index in [4.69, 9.17) is 0 Å². The minimum atomic E-state index is -0.234. The van der Waals surface area contributed by atoms with Gasteiger partial charge in [-0.05, 0) is 25.0 Å². The lowest BCUT2D eigenvalue weighted by molar-refractivity contribution is -0.116. The molecule has 0 aliphatic carbocycles. The average molecular weight is 449 g/mol. The van der Waals surface area contributed by atoms with Crippen LogP contribution >= 0.6 is 11.3 Å². The van der Waals surface area contributed by atoms with Crippen LogP contribution in [0.1, 0.15) is 25.3 Å². The Morgan fingerprint density at radius 2 is 1.84 bits per heavy atom. The summed E-state index contributed by atoms with van der Waals surface area (Å²) in [5.74, 6) is -0.234. The number of anilines is 1. The monoisotopic (exact) mass is 448 g/mol. The molecule has 1 amide bonds. The molecule has 3 heterocycles. The predicted molar refractivity (Wildman–Crippen MR) is 128 cm³/mol. The van der Waals surface area contributed by atoms with Gasteiger partial charge in [0.05, 0.1) is 17.4 Å². The highest BCUT2D eigenvalue weighted by Gasteiger charge is 2.14. The molecule has 0 saturated heterocycles. The minimum absolute atomic E-state index is 0.101. The van der Waals surface area contributed by atoms with Crippen LogP contribution in [-0.4, -0.2) is 20.0 Å². The first-order valence-electron chi connectivity index (χ1n) is 10.5. The molecular formula is C24H24N4O3S. The number of amides is 1. The second kappa shape index (κ2) is 9.32. The highest BCUT2D eigenvalue weighted by atomic mass is 32.1. The Balaban J connectivity index is 1.52. The standard InChI is InChI=1S/C24H24N4O3S/c1-3-11-27-13-18(8-9-21(27)30)26-20(29)10-12-28-15-25-23-22(24(28)31)19(14-32-23)17-6-4-16(2)5-7-17/h4-9,13-15H,3,10-12H2,1-2H3,(H,26,29). The van der Waals surface area contributed by atoms with Crippen molar-refractivity contribution in [2.24, 2.45) is 0 Å². The van der Waals surface area contributed by atoms with Crippen molar-refractivity contribution in [3.8, 4) is 11.1 Å². The quantitative estimate of drug-likeness (QED) is 0.462. The van der Waals surface area contributed by atoms with Gasteiger partial charge in [-0.2, -0.15) is 0 Å². The molecule has 164 valence electrons. The zero-order valence-electron chi connectivity index (χ0n) is 18.0. The van der Waals surface area contributed by atoms with Crippen LogP contribution < -0.4 is 16.4 Å². The molecule has 1 aromatic carbocycles. The summed E-state index contributed by atoms with van der Waals surface area (Å²) in [6, 6.07) is 11.1. The van der Waals surface area contributed by atoms with Gasteiger partial charge in [-0.3, -0.25) is 19.0 Å². The van der Waals surface area contributed by atoms with Crippen LogP contribution in [0.15, 0.2) is 63.9 Å². The van der Waals surface area contributed by atoms with Crippen molar-refractivity contribution in [3.05, 3.63) is 80.6 Å². The first-order valence-corrected chi connectivity index (χ1v) is 11.4. The van der Waals surface area contributed by atoms with Crippen LogP contribution in [0.3, 0.4) is 0 Å². The van der Waals surface area contributed by atoms with Gasteiger partial charge in [0.25, 0.3) is 11.1 Å². The molecular weight excluding hydrogens is 424 g/mol. The number of hydrogen-bond donors (Lipinski definition) is 1. The number of thiophene rings is 1. The summed E-state index contributed by atoms with van der Waals surface area (Å²) in [6.07, 6.45) is 4.07. The lowest BCUT2D eigenvalue weighted by Gasteiger charge is -2.10. The van der Waals surface area contributed by atoms with Gasteiger partial charge in [-0.15, -0.1) is 11.3 Å². The summed E-state index contributed by atoms with van der Waals surface area (Å²) in [5.41, 5.74) is 3.29. The van der Waals surface area contributed by atoms with Gasteiger partial charge in [-0.1, -0.05) is 36.8 Å². The van der Waals surface area contributed by atoms with Crippen LogP contribution in [0.4, 0.5) is 5.69 Å². The largest absolute Gasteiger partial charge is 0.325 e. The zero-order chi connectivity index (χ0) is 22.7. The third kappa shape index (κ3) is 4.55. The maximum Gasteiger partial charge on any atom is 0.262 e. The first-order chi connectivity index (χ1) is 15.5. The normalized spacial score (nSPS) is 11.1. The smallest absolute Gasteiger partial charge is 0.262 e. The van der Waals surface area contributed by atoms with E-state index in [1.54, 1.807) is 16.8 Å². The number of pyridine rings is 1. The molecule has 0 bridgehead atoms. The molecule has 4 aromatic rings. The molecule has 32 heavy (non-hydrogen) atoms. The van der Waals surface area contributed by atoms with Gasteiger partial charge in [0.15, 0.2) is 0 Å². The lowest BCUT2D eigenvalue weighted by Crippen LogP contribution is -2.24. The van der Waals surface area contributed by atoms with E-state index < -0.39 is 0 Å². The molecule has 4 rings (SSSR count). The van der Waals surface area contributed by atoms with Crippen molar-refractivity contribution in [2.75, 3.05) is 5.32 Å². The lowest BCUT2D eigenvalue weighted by atomic mass is 10.1.